The Kier molecular flexibility index (Phi) is 4.77. The van der Waals surface area contributed by atoms with Crippen LogP contribution in [0.25, 0.3) is 0 Å². The number of halogens is 1. The standard InChI is InChI=1S/C11H17ClN2OS/c1-6(2)8(4-13)14-11(15)10-9(12)7(3)5-16-10/h5-6,8H,4,13H2,1-3H3,(H,14,15). The van der Waals surface area contributed by atoms with Gasteiger partial charge in [-0.3, -0.25) is 4.79 Å². The fourth-order valence-corrected chi connectivity index (χ4v) is 2.50. The first kappa shape index (κ1) is 13.5. The lowest BCUT2D eigenvalue weighted by molar-refractivity contribution is 0.0932. The lowest BCUT2D eigenvalue weighted by Gasteiger charge is -2.20. The quantitative estimate of drug-likeness (QED) is 0.874. The fourth-order valence-electron chi connectivity index (χ4n) is 1.31. The Labute approximate surface area is 105 Å². The zero-order chi connectivity index (χ0) is 12.3. The molecule has 0 aliphatic rings. The van der Waals surface area contributed by atoms with Crippen LogP contribution in [0.15, 0.2) is 5.38 Å². The van der Waals surface area contributed by atoms with Gasteiger partial charge in [-0.1, -0.05) is 25.4 Å². The minimum absolute atomic E-state index is 0.00836. The van der Waals surface area contributed by atoms with Crippen LogP contribution in [0.4, 0.5) is 0 Å². The highest BCUT2D eigenvalue weighted by Crippen LogP contribution is 2.27. The molecule has 1 unspecified atom stereocenters. The number of nitrogens with one attached hydrogen (secondary N) is 1. The molecule has 90 valence electrons. The number of amides is 1. The molecule has 5 heteroatoms. The van der Waals surface area contributed by atoms with Crippen LogP contribution in [0.1, 0.15) is 29.1 Å². The summed E-state index contributed by atoms with van der Waals surface area (Å²) in [5.74, 6) is 0.182. The van der Waals surface area contributed by atoms with Gasteiger partial charge >= 0.3 is 0 Å². The van der Waals surface area contributed by atoms with Crippen molar-refractivity contribution in [3.05, 3.63) is 20.8 Å². The molecular formula is C11H17ClN2OS. The van der Waals surface area contributed by atoms with Gasteiger partial charge in [-0.25, -0.2) is 0 Å². The SMILES string of the molecule is Cc1csc(C(=O)NC(CN)C(C)C)c1Cl. The van der Waals surface area contributed by atoms with Crippen molar-refractivity contribution in [3.8, 4) is 0 Å². The molecule has 1 aromatic rings. The van der Waals surface area contributed by atoms with Crippen molar-refractivity contribution in [2.45, 2.75) is 26.8 Å². The summed E-state index contributed by atoms with van der Waals surface area (Å²) in [6.45, 7) is 6.38. The van der Waals surface area contributed by atoms with E-state index >= 15 is 0 Å². The largest absolute Gasteiger partial charge is 0.347 e. The number of rotatable bonds is 4. The molecule has 0 fully saturated rings. The van der Waals surface area contributed by atoms with Crippen molar-refractivity contribution >= 4 is 28.8 Å². The molecule has 1 aromatic heterocycles. The first-order valence-corrected chi connectivity index (χ1v) is 6.47. The van der Waals surface area contributed by atoms with Crippen LogP contribution < -0.4 is 11.1 Å². The van der Waals surface area contributed by atoms with Gasteiger partial charge in [0.1, 0.15) is 4.88 Å². The van der Waals surface area contributed by atoms with Gasteiger partial charge in [-0.2, -0.15) is 0 Å². The second-order valence-electron chi connectivity index (χ2n) is 4.12. The summed E-state index contributed by atoms with van der Waals surface area (Å²) in [6, 6.07) is -0.00836. The van der Waals surface area contributed by atoms with Crippen LogP contribution in [-0.4, -0.2) is 18.5 Å². The molecule has 0 spiro atoms. The molecule has 0 aliphatic heterocycles. The van der Waals surface area contributed by atoms with Crippen molar-refractivity contribution in [1.29, 1.82) is 0 Å². The molecule has 1 atom stereocenters. The Hall–Kier alpha value is -0.580. The maximum absolute atomic E-state index is 11.9. The number of thiophene rings is 1. The highest BCUT2D eigenvalue weighted by Gasteiger charge is 2.19. The summed E-state index contributed by atoms with van der Waals surface area (Å²) in [6.07, 6.45) is 0. The smallest absolute Gasteiger partial charge is 0.263 e. The number of aryl methyl sites for hydroxylation is 1. The van der Waals surface area contributed by atoms with Crippen molar-refractivity contribution < 1.29 is 4.79 Å². The minimum atomic E-state index is -0.132. The number of hydrogen-bond acceptors (Lipinski definition) is 3. The Bertz CT molecular complexity index is 376. The number of carbonyl (C=O) groups excluding carboxylic acids is 1. The van der Waals surface area contributed by atoms with E-state index in [2.05, 4.69) is 5.32 Å². The summed E-state index contributed by atoms with van der Waals surface area (Å²) in [7, 11) is 0. The van der Waals surface area contributed by atoms with Crippen molar-refractivity contribution in [2.24, 2.45) is 11.7 Å². The number of carbonyl (C=O) groups is 1. The van der Waals surface area contributed by atoms with Gasteiger partial charge in [0, 0.05) is 12.6 Å². The van der Waals surface area contributed by atoms with Crippen molar-refractivity contribution in [2.75, 3.05) is 6.54 Å². The van der Waals surface area contributed by atoms with Crippen LogP contribution in [0, 0.1) is 12.8 Å². The van der Waals surface area contributed by atoms with Gasteiger partial charge in [-0.05, 0) is 23.8 Å². The molecule has 0 saturated carbocycles. The van der Waals surface area contributed by atoms with Gasteiger partial charge in [0.2, 0.25) is 0 Å². The van der Waals surface area contributed by atoms with Crippen molar-refractivity contribution in [1.82, 2.24) is 5.32 Å². The maximum atomic E-state index is 11.9. The Morgan fingerprint density at radius 3 is 2.62 bits per heavy atom. The van der Waals surface area contributed by atoms with E-state index in [0.717, 1.165) is 5.56 Å². The molecule has 3 N–H and O–H groups in total. The molecule has 0 radical (unpaired) electrons. The topological polar surface area (TPSA) is 55.1 Å². The van der Waals surface area contributed by atoms with Gasteiger partial charge in [-0.15, -0.1) is 11.3 Å². The molecular weight excluding hydrogens is 244 g/mol. The zero-order valence-corrected chi connectivity index (χ0v) is 11.3. The third kappa shape index (κ3) is 2.97. The van der Waals surface area contributed by atoms with E-state index in [0.29, 0.717) is 22.4 Å². The number of hydrogen-bond donors (Lipinski definition) is 2. The third-order valence-corrected chi connectivity index (χ3v) is 4.18. The van der Waals surface area contributed by atoms with Crippen LogP contribution >= 0.6 is 22.9 Å². The first-order chi connectivity index (χ1) is 7.47. The van der Waals surface area contributed by atoms with E-state index in [1.165, 1.54) is 11.3 Å². The van der Waals surface area contributed by atoms with Crippen molar-refractivity contribution in [3.63, 3.8) is 0 Å². The molecule has 0 saturated heterocycles. The normalized spacial score (nSPS) is 12.9. The molecule has 0 bridgehead atoms. The Balaban J connectivity index is 2.76. The molecule has 1 amide bonds. The highest BCUT2D eigenvalue weighted by molar-refractivity contribution is 7.13. The summed E-state index contributed by atoms with van der Waals surface area (Å²) in [5.41, 5.74) is 6.53. The van der Waals surface area contributed by atoms with E-state index in [4.69, 9.17) is 17.3 Å². The molecule has 1 heterocycles. The zero-order valence-electron chi connectivity index (χ0n) is 9.71. The average molecular weight is 261 g/mol. The predicted octanol–water partition coefficient (Wildman–Crippen LogP) is 2.42. The number of nitrogens with two attached hydrogens (primary N) is 1. The Morgan fingerprint density at radius 1 is 1.62 bits per heavy atom. The predicted molar refractivity (Wildman–Crippen MR) is 69.2 cm³/mol. The molecule has 3 nitrogen and oxygen atoms in total. The average Bonchev–Trinajstić information content (AvgIpc) is 2.55. The monoisotopic (exact) mass is 260 g/mol. The van der Waals surface area contributed by atoms with Gasteiger partial charge in [0.25, 0.3) is 5.91 Å². The van der Waals surface area contributed by atoms with E-state index in [1.54, 1.807) is 0 Å². The molecule has 0 aromatic carbocycles. The summed E-state index contributed by atoms with van der Waals surface area (Å²) >= 11 is 7.39. The highest BCUT2D eigenvalue weighted by atomic mass is 35.5. The van der Waals surface area contributed by atoms with E-state index < -0.39 is 0 Å². The van der Waals surface area contributed by atoms with Crippen LogP contribution in [0.3, 0.4) is 0 Å². The van der Waals surface area contributed by atoms with Gasteiger partial charge in [0.15, 0.2) is 0 Å². The van der Waals surface area contributed by atoms with Crippen LogP contribution in [-0.2, 0) is 0 Å². The lowest BCUT2D eigenvalue weighted by Crippen LogP contribution is -2.43. The van der Waals surface area contributed by atoms with E-state index in [1.807, 2.05) is 26.2 Å². The summed E-state index contributed by atoms with van der Waals surface area (Å²) < 4.78 is 0. The van der Waals surface area contributed by atoms with E-state index in [9.17, 15) is 4.79 Å². The second-order valence-corrected chi connectivity index (χ2v) is 5.38. The lowest BCUT2D eigenvalue weighted by atomic mass is 10.0. The van der Waals surface area contributed by atoms with Gasteiger partial charge < -0.3 is 11.1 Å². The first-order valence-electron chi connectivity index (χ1n) is 5.21. The minimum Gasteiger partial charge on any atom is -0.347 e. The molecule has 1 rings (SSSR count). The molecule has 0 aliphatic carbocycles. The van der Waals surface area contributed by atoms with Crippen LogP contribution in [0.2, 0.25) is 5.02 Å². The third-order valence-electron chi connectivity index (χ3n) is 2.48. The maximum Gasteiger partial charge on any atom is 0.263 e. The summed E-state index contributed by atoms with van der Waals surface area (Å²) in [5, 5.41) is 5.32. The fraction of sp³-hybridized carbons (Fsp3) is 0.545. The van der Waals surface area contributed by atoms with Gasteiger partial charge in [0.05, 0.1) is 5.02 Å². The van der Waals surface area contributed by atoms with E-state index in [-0.39, 0.29) is 11.9 Å². The second kappa shape index (κ2) is 5.66. The van der Waals surface area contributed by atoms with Crippen LogP contribution in [0.5, 0.6) is 0 Å². The molecule has 16 heavy (non-hydrogen) atoms. The Morgan fingerprint density at radius 2 is 2.25 bits per heavy atom. The summed E-state index contributed by atoms with van der Waals surface area (Å²) in [4.78, 5) is 12.5.